The minimum absolute atomic E-state index is 0. The van der Waals surface area contributed by atoms with E-state index in [0.717, 1.165) is 32.0 Å². The van der Waals surface area contributed by atoms with Crippen molar-refractivity contribution >= 4 is 40.0 Å². The summed E-state index contributed by atoms with van der Waals surface area (Å²) >= 11 is 0. The quantitative estimate of drug-likeness (QED) is 0.284. The van der Waals surface area contributed by atoms with Gasteiger partial charge >= 0.3 is 0 Å². The molecule has 6 nitrogen and oxygen atoms in total. The monoisotopic (exact) mass is 480 g/mol. The minimum atomic E-state index is -3.46. The highest BCUT2D eigenvalue weighted by Gasteiger charge is 2.30. The molecule has 0 amide bonds. The van der Waals surface area contributed by atoms with Gasteiger partial charge in [-0.2, -0.15) is 0 Å². The van der Waals surface area contributed by atoms with Crippen LogP contribution in [0.25, 0.3) is 0 Å². The number of nitrogens with one attached hydrogen (secondary N) is 2. The molecule has 1 aromatic rings. The Morgan fingerprint density at radius 3 is 2.52 bits per heavy atom. The molecule has 0 aliphatic carbocycles. The third-order valence-corrected chi connectivity index (χ3v) is 5.51. The highest BCUT2D eigenvalue weighted by Crippen LogP contribution is 2.28. The molecule has 1 heterocycles. The van der Waals surface area contributed by atoms with Gasteiger partial charge in [-0.25, -0.2) is 13.1 Å². The van der Waals surface area contributed by atoms with Crippen LogP contribution in [0.3, 0.4) is 0 Å². The largest absolute Gasteiger partial charge is 0.357 e. The number of nitrogens with zero attached hydrogens (tertiary/aromatic N) is 2. The van der Waals surface area contributed by atoms with Crippen molar-refractivity contribution in [3.63, 3.8) is 0 Å². The van der Waals surface area contributed by atoms with Gasteiger partial charge in [-0.05, 0) is 30.9 Å². The van der Waals surface area contributed by atoms with E-state index in [-0.39, 0.29) is 35.4 Å². The van der Waals surface area contributed by atoms with E-state index in [0.29, 0.717) is 12.0 Å². The highest BCUT2D eigenvalue weighted by molar-refractivity contribution is 14.0. The zero-order valence-corrected chi connectivity index (χ0v) is 18.3. The van der Waals surface area contributed by atoms with Crippen molar-refractivity contribution in [2.24, 2.45) is 10.4 Å². The number of aliphatic imine (C=N–C) groups is 1. The Labute approximate surface area is 168 Å². The lowest BCUT2D eigenvalue weighted by Gasteiger charge is -2.23. The van der Waals surface area contributed by atoms with Crippen LogP contribution in [-0.2, 0) is 10.0 Å². The summed E-state index contributed by atoms with van der Waals surface area (Å²) in [7, 11) is -3.46. The van der Waals surface area contributed by atoms with E-state index in [1.165, 1.54) is 0 Å². The van der Waals surface area contributed by atoms with Gasteiger partial charge in [-0.1, -0.05) is 32.0 Å². The van der Waals surface area contributed by atoms with E-state index in [2.05, 4.69) is 33.8 Å². The van der Waals surface area contributed by atoms with Crippen LogP contribution in [0, 0.1) is 5.41 Å². The summed E-state index contributed by atoms with van der Waals surface area (Å²) in [6.07, 6.45) is 1.14. The average Bonchev–Trinajstić information content (AvgIpc) is 2.91. The fourth-order valence-corrected chi connectivity index (χ4v) is 3.79. The normalized spacial score (nSPS) is 17.2. The molecule has 25 heavy (non-hydrogen) atoms. The Bertz CT molecular complexity index is 662. The molecule has 1 saturated heterocycles. The highest BCUT2D eigenvalue weighted by atomic mass is 127. The Morgan fingerprint density at radius 2 is 1.96 bits per heavy atom. The molecule has 1 fully saturated rings. The van der Waals surface area contributed by atoms with Crippen molar-refractivity contribution < 1.29 is 8.42 Å². The van der Waals surface area contributed by atoms with Crippen molar-refractivity contribution in [2.75, 3.05) is 32.7 Å². The molecule has 1 aromatic carbocycles. The molecule has 2 rings (SSSR count). The molecule has 0 spiro atoms. The third-order valence-electron chi connectivity index (χ3n) is 4.03. The van der Waals surface area contributed by atoms with Crippen molar-refractivity contribution in [2.45, 2.75) is 32.1 Å². The summed E-state index contributed by atoms with van der Waals surface area (Å²) in [4.78, 5) is 7.09. The lowest BCUT2D eigenvalue weighted by molar-refractivity contribution is 0.370. The van der Waals surface area contributed by atoms with Gasteiger partial charge in [-0.3, -0.25) is 4.99 Å². The number of sulfonamides is 1. The SMILES string of the molecule is CCNC(=NCCNS(=O)(=O)c1ccccc1)N1CCC(C)(C)C1.I. The maximum atomic E-state index is 12.2. The predicted molar refractivity (Wildman–Crippen MR) is 113 cm³/mol. The van der Waals surface area contributed by atoms with Crippen LogP contribution in [0.1, 0.15) is 27.2 Å². The van der Waals surface area contributed by atoms with E-state index >= 15 is 0 Å². The average molecular weight is 480 g/mol. The molecule has 1 aliphatic rings. The standard InChI is InChI=1S/C17H28N4O2S.HI/c1-4-18-16(21-13-10-17(2,3)14-21)19-11-12-20-24(22,23)15-8-6-5-7-9-15;/h5-9,20H,4,10-14H2,1-3H3,(H,18,19);1H. The fraction of sp³-hybridized carbons (Fsp3) is 0.588. The van der Waals surface area contributed by atoms with Crippen LogP contribution < -0.4 is 10.0 Å². The first-order valence-electron chi connectivity index (χ1n) is 8.42. The van der Waals surface area contributed by atoms with E-state index in [4.69, 9.17) is 0 Å². The van der Waals surface area contributed by atoms with Crippen molar-refractivity contribution in [1.29, 1.82) is 0 Å². The first-order valence-corrected chi connectivity index (χ1v) is 9.90. The second-order valence-corrected chi connectivity index (χ2v) is 8.55. The van der Waals surface area contributed by atoms with Gasteiger partial charge in [0.2, 0.25) is 10.0 Å². The number of hydrogen-bond acceptors (Lipinski definition) is 3. The maximum absolute atomic E-state index is 12.2. The molecule has 2 N–H and O–H groups in total. The molecule has 0 bridgehead atoms. The predicted octanol–water partition coefficient (Wildman–Crippen LogP) is 2.28. The molecule has 0 atom stereocenters. The number of halogens is 1. The van der Waals surface area contributed by atoms with Crippen molar-refractivity contribution in [3.8, 4) is 0 Å². The molecule has 0 radical (unpaired) electrons. The van der Waals surface area contributed by atoms with E-state index < -0.39 is 10.0 Å². The second kappa shape index (κ2) is 9.72. The third kappa shape index (κ3) is 6.74. The first-order chi connectivity index (χ1) is 11.3. The molecule has 0 unspecified atom stereocenters. The molecule has 8 heteroatoms. The van der Waals surface area contributed by atoms with Gasteiger partial charge in [-0.15, -0.1) is 24.0 Å². The second-order valence-electron chi connectivity index (χ2n) is 6.78. The number of likely N-dealkylation sites (tertiary alicyclic amines) is 1. The van der Waals surface area contributed by atoms with Gasteiger partial charge in [0, 0.05) is 26.2 Å². The van der Waals surface area contributed by atoms with Crippen LogP contribution in [0.2, 0.25) is 0 Å². The molecule has 142 valence electrons. The van der Waals surface area contributed by atoms with Gasteiger partial charge in [0.05, 0.1) is 11.4 Å². The van der Waals surface area contributed by atoms with Crippen molar-refractivity contribution in [3.05, 3.63) is 30.3 Å². The Kier molecular flexibility index (Phi) is 8.62. The zero-order chi connectivity index (χ0) is 17.6. The number of benzene rings is 1. The molecule has 0 aromatic heterocycles. The van der Waals surface area contributed by atoms with Crippen LogP contribution in [0.4, 0.5) is 0 Å². The molecular weight excluding hydrogens is 451 g/mol. The zero-order valence-electron chi connectivity index (χ0n) is 15.2. The summed E-state index contributed by atoms with van der Waals surface area (Å²) < 4.78 is 26.9. The first kappa shape index (κ1) is 22.2. The molecular formula is C17H29IN4O2S. The Balaban J connectivity index is 0.00000312. The summed E-state index contributed by atoms with van der Waals surface area (Å²) in [5.74, 6) is 0.863. The number of hydrogen-bond donors (Lipinski definition) is 2. The Morgan fingerprint density at radius 1 is 1.28 bits per heavy atom. The summed E-state index contributed by atoms with van der Waals surface area (Å²) in [6.45, 7) is 9.98. The van der Waals surface area contributed by atoms with Crippen LogP contribution in [0.15, 0.2) is 40.2 Å². The lowest BCUT2D eigenvalue weighted by Crippen LogP contribution is -2.41. The fourth-order valence-electron chi connectivity index (χ4n) is 2.74. The minimum Gasteiger partial charge on any atom is -0.357 e. The van der Waals surface area contributed by atoms with Gasteiger partial charge in [0.25, 0.3) is 0 Å². The van der Waals surface area contributed by atoms with Crippen LogP contribution in [-0.4, -0.2) is 52.0 Å². The molecule has 0 saturated carbocycles. The van der Waals surface area contributed by atoms with Crippen LogP contribution >= 0.6 is 24.0 Å². The topological polar surface area (TPSA) is 73.8 Å². The smallest absolute Gasteiger partial charge is 0.240 e. The number of rotatable bonds is 6. The van der Waals surface area contributed by atoms with E-state index in [1.807, 2.05) is 6.92 Å². The van der Waals surface area contributed by atoms with Crippen molar-refractivity contribution in [1.82, 2.24) is 14.9 Å². The van der Waals surface area contributed by atoms with E-state index in [1.54, 1.807) is 30.3 Å². The summed E-state index contributed by atoms with van der Waals surface area (Å²) in [6, 6.07) is 8.39. The summed E-state index contributed by atoms with van der Waals surface area (Å²) in [5, 5.41) is 3.29. The molecule has 1 aliphatic heterocycles. The summed E-state index contributed by atoms with van der Waals surface area (Å²) in [5.41, 5.74) is 0.297. The maximum Gasteiger partial charge on any atom is 0.240 e. The van der Waals surface area contributed by atoms with Gasteiger partial charge < -0.3 is 10.2 Å². The van der Waals surface area contributed by atoms with Gasteiger partial charge in [0.1, 0.15) is 0 Å². The Hall–Kier alpha value is -0.870. The van der Waals surface area contributed by atoms with Crippen LogP contribution in [0.5, 0.6) is 0 Å². The van der Waals surface area contributed by atoms with Gasteiger partial charge in [0.15, 0.2) is 5.96 Å². The number of guanidine groups is 1. The lowest BCUT2D eigenvalue weighted by atomic mass is 9.93. The van der Waals surface area contributed by atoms with E-state index in [9.17, 15) is 8.42 Å².